The van der Waals surface area contributed by atoms with Crippen LogP contribution in [0.2, 0.25) is 0 Å². The standard InChI is InChI=1S/C18H26F2O/c1-3-5-6-13-7-9-14(10-8-13)15-11-16(19)18(21-4-2)17(20)12-15/h11-14H,3-10H2,1-2H3/t13-,14-. The average Bonchev–Trinajstić information content (AvgIpc) is 2.49. The SMILES string of the molecule is CCCC[C@H]1CC[C@H](c2cc(F)c(OCC)c(F)c2)CC1. The molecular weight excluding hydrogens is 270 g/mol. The maximum atomic E-state index is 13.9. The van der Waals surface area contributed by atoms with Gasteiger partial charge in [-0.2, -0.15) is 0 Å². The highest BCUT2D eigenvalue weighted by atomic mass is 19.1. The van der Waals surface area contributed by atoms with Crippen molar-refractivity contribution >= 4 is 0 Å². The summed E-state index contributed by atoms with van der Waals surface area (Å²) in [7, 11) is 0. The van der Waals surface area contributed by atoms with Crippen molar-refractivity contribution in [3.63, 3.8) is 0 Å². The van der Waals surface area contributed by atoms with Crippen LogP contribution < -0.4 is 4.74 Å². The zero-order chi connectivity index (χ0) is 15.2. The quantitative estimate of drug-likeness (QED) is 0.642. The summed E-state index contributed by atoms with van der Waals surface area (Å²) in [6.07, 6.45) is 8.29. The molecule has 0 saturated heterocycles. The summed E-state index contributed by atoms with van der Waals surface area (Å²) in [6.45, 7) is 4.22. The zero-order valence-corrected chi connectivity index (χ0v) is 13.1. The van der Waals surface area contributed by atoms with Crippen LogP contribution in [0.5, 0.6) is 5.75 Å². The van der Waals surface area contributed by atoms with Crippen molar-refractivity contribution in [2.45, 2.75) is 64.7 Å². The number of ether oxygens (including phenoxy) is 1. The molecule has 0 N–H and O–H groups in total. The van der Waals surface area contributed by atoms with Crippen LogP contribution in [0.25, 0.3) is 0 Å². The van der Waals surface area contributed by atoms with E-state index in [2.05, 4.69) is 6.92 Å². The lowest BCUT2D eigenvalue weighted by molar-refractivity contribution is 0.294. The van der Waals surface area contributed by atoms with Crippen molar-refractivity contribution < 1.29 is 13.5 Å². The Hall–Kier alpha value is -1.12. The summed E-state index contributed by atoms with van der Waals surface area (Å²) in [5.74, 6) is -0.279. The van der Waals surface area contributed by atoms with E-state index >= 15 is 0 Å². The number of benzene rings is 1. The maximum absolute atomic E-state index is 13.9. The van der Waals surface area contributed by atoms with Crippen molar-refractivity contribution in [2.75, 3.05) is 6.61 Å². The zero-order valence-electron chi connectivity index (χ0n) is 13.1. The molecule has 0 aromatic heterocycles. The van der Waals surface area contributed by atoms with Crippen LogP contribution in [0.15, 0.2) is 12.1 Å². The van der Waals surface area contributed by atoms with Gasteiger partial charge in [0.05, 0.1) is 6.61 Å². The Bertz CT molecular complexity index is 428. The van der Waals surface area contributed by atoms with Crippen molar-refractivity contribution in [1.82, 2.24) is 0 Å². The third kappa shape index (κ3) is 4.18. The van der Waals surface area contributed by atoms with Crippen LogP contribution in [0.4, 0.5) is 8.78 Å². The molecule has 0 amide bonds. The molecule has 118 valence electrons. The summed E-state index contributed by atoms with van der Waals surface area (Å²) >= 11 is 0. The molecule has 2 rings (SSSR count). The normalized spacial score (nSPS) is 22.3. The predicted octanol–water partition coefficient (Wildman–Crippen LogP) is 5.83. The van der Waals surface area contributed by atoms with Gasteiger partial charge in [0.25, 0.3) is 0 Å². The highest BCUT2D eigenvalue weighted by molar-refractivity contribution is 5.33. The molecule has 0 bridgehead atoms. The third-order valence-corrected chi connectivity index (χ3v) is 4.59. The Labute approximate surface area is 126 Å². The lowest BCUT2D eigenvalue weighted by Crippen LogP contribution is -2.14. The summed E-state index contributed by atoms with van der Waals surface area (Å²) in [5.41, 5.74) is 0.794. The Morgan fingerprint density at radius 2 is 1.67 bits per heavy atom. The van der Waals surface area contributed by atoms with Gasteiger partial charge in [-0.05, 0) is 62.1 Å². The molecule has 1 aromatic carbocycles. The molecule has 1 aromatic rings. The van der Waals surface area contributed by atoms with E-state index in [0.717, 1.165) is 24.3 Å². The van der Waals surface area contributed by atoms with E-state index in [1.807, 2.05) is 0 Å². The van der Waals surface area contributed by atoms with Gasteiger partial charge in [-0.3, -0.25) is 0 Å². The van der Waals surface area contributed by atoms with Crippen molar-refractivity contribution in [3.05, 3.63) is 29.3 Å². The van der Waals surface area contributed by atoms with E-state index in [4.69, 9.17) is 4.74 Å². The fourth-order valence-corrected chi connectivity index (χ4v) is 3.37. The van der Waals surface area contributed by atoms with E-state index in [1.54, 1.807) is 6.92 Å². The molecule has 3 heteroatoms. The summed E-state index contributed by atoms with van der Waals surface area (Å²) in [6, 6.07) is 2.93. The molecule has 1 aliphatic rings. The molecule has 0 aliphatic heterocycles. The first-order valence-corrected chi connectivity index (χ1v) is 8.27. The van der Waals surface area contributed by atoms with Crippen molar-refractivity contribution in [3.8, 4) is 5.75 Å². The van der Waals surface area contributed by atoms with E-state index in [-0.39, 0.29) is 12.4 Å². The fourth-order valence-electron chi connectivity index (χ4n) is 3.37. The van der Waals surface area contributed by atoms with E-state index < -0.39 is 11.6 Å². The first-order valence-electron chi connectivity index (χ1n) is 8.27. The largest absolute Gasteiger partial charge is 0.488 e. The molecule has 1 fully saturated rings. The Balaban J connectivity index is 2.00. The second-order valence-electron chi connectivity index (χ2n) is 6.11. The molecule has 1 aliphatic carbocycles. The van der Waals surface area contributed by atoms with Gasteiger partial charge in [0.1, 0.15) is 0 Å². The van der Waals surface area contributed by atoms with Gasteiger partial charge in [-0.25, -0.2) is 8.78 Å². The summed E-state index contributed by atoms with van der Waals surface area (Å²) < 4.78 is 32.9. The molecule has 1 saturated carbocycles. The summed E-state index contributed by atoms with van der Waals surface area (Å²) in [5, 5.41) is 0. The highest BCUT2D eigenvalue weighted by Crippen LogP contribution is 2.39. The van der Waals surface area contributed by atoms with Crippen LogP contribution in [0.1, 0.15) is 70.3 Å². The average molecular weight is 296 g/mol. The third-order valence-electron chi connectivity index (χ3n) is 4.59. The number of hydrogen-bond acceptors (Lipinski definition) is 1. The second kappa shape index (κ2) is 7.77. The molecule has 0 radical (unpaired) electrons. The lowest BCUT2D eigenvalue weighted by Gasteiger charge is -2.29. The Kier molecular flexibility index (Phi) is 6.01. The van der Waals surface area contributed by atoms with Gasteiger partial charge >= 0.3 is 0 Å². The topological polar surface area (TPSA) is 9.23 Å². The van der Waals surface area contributed by atoms with Gasteiger partial charge in [-0.1, -0.05) is 26.2 Å². The van der Waals surface area contributed by atoms with E-state index in [1.165, 1.54) is 44.2 Å². The molecule has 21 heavy (non-hydrogen) atoms. The highest BCUT2D eigenvalue weighted by Gasteiger charge is 2.24. The fraction of sp³-hybridized carbons (Fsp3) is 0.667. The molecule has 0 atom stereocenters. The van der Waals surface area contributed by atoms with Crippen LogP contribution in [0.3, 0.4) is 0 Å². The number of halogens is 2. The minimum Gasteiger partial charge on any atom is -0.488 e. The molecule has 0 unspecified atom stereocenters. The maximum Gasteiger partial charge on any atom is 0.190 e. The van der Waals surface area contributed by atoms with Gasteiger partial charge in [0.2, 0.25) is 0 Å². The number of unbranched alkanes of at least 4 members (excludes halogenated alkanes) is 1. The smallest absolute Gasteiger partial charge is 0.190 e. The van der Waals surface area contributed by atoms with Gasteiger partial charge < -0.3 is 4.74 Å². The van der Waals surface area contributed by atoms with Gasteiger partial charge in [0, 0.05) is 0 Å². The van der Waals surface area contributed by atoms with Crippen molar-refractivity contribution in [1.29, 1.82) is 0 Å². The molecular formula is C18H26F2O. The first kappa shape index (κ1) is 16.3. The van der Waals surface area contributed by atoms with Crippen LogP contribution >= 0.6 is 0 Å². The number of hydrogen-bond donors (Lipinski definition) is 0. The predicted molar refractivity (Wildman–Crippen MR) is 81.8 cm³/mol. The Morgan fingerprint density at radius 1 is 1.05 bits per heavy atom. The van der Waals surface area contributed by atoms with Crippen LogP contribution in [0, 0.1) is 17.6 Å². The molecule has 1 nitrogen and oxygen atoms in total. The van der Waals surface area contributed by atoms with Crippen LogP contribution in [-0.2, 0) is 0 Å². The number of rotatable bonds is 6. The minimum atomic E-state index is -0.569. The minimum absolute atomic E-state index is 0.238. The van der Waals surface area contributed by atoms with E-state index in [9.17, 15) is 8.78 Å². The second-order valence-corrected chi connectivity index (χ2v) is 6.11. The lowest BCUT2D eigenvalue weighted by atomic mass is 9.77. The summed E-state index contributed by atoms with van der Waals surface area (Å²) in [4.78, 5) is 0. The van der Waals surface area contributed by atoms with E-state index in [0.29, 0.717) is 5.92 Å². The monoisotopic (exact) mass is 296 g/mol. The molecule has 0 heterocycles. The first-order chi connectivity index (χ1) is 10.2. The van der Waals surface area contributed by atoms with Gasteiger partial charge in [-0.15, -0.1) is 0 Å². The Morgan fingerprint density at radius 3 is 2.19 bits per heavy atom. The molecule has 0 spiro atoms. The van der Waals surface area contributed by atoms with Crippen molar-refractivity contribution in [2.24, 2.45) is 5.92 Å². The van der Waals surface area contributed by atoms with Crippen LogP contribution in [-0.4, -0.2) is 6.61 Å². The van der Waals surface area contributed by atoms with Gasteiger partial charge in [0.15, 0.2) is 17.4 Å².